The van der Waals surface area contributed by atoms with Crippen LogP contribution in [0.3, 0.4) is 0 Å². The van der Waals surface area contributed by atoms with Gasteiger partial charge in [0, 0.05) is 51.4 Å². The number of para-hydroxylation sites is 2. The molecule has 0 aliphatic carbocycles. The van der Waals surface area contributed by atoms with E-state index >= 15 is 0 Å². The predicted molar refractivity (Wildman–Crippen MR) is 185 cm³/mol. The van der Waals surface area contributed by atoms with Crippen molar-refractivity contribution in [1.82, 2.24) is 4.98 Å². The number of hydrogen-bond acceptors (Lipinski definition) is 6. The lowest BCUT2D eigenvalue weighted by molar-refractivity contribution is 0.497. The lowest BCUT2D eigenvalue weighted by Crippen LogP contribution is -2.23. The summed E-state index contributed by atoms with van der Waals surface area (Å²) < 4.78 is 9.08. The number of fused-ring (bicyclic) bond motifs is 4. The third-order valence-electron chi connectivity index (χ3n) is 8.36. The summed E-state index contributed by atoms with van der Waals surface area (Å²) >= 11 is 3.47. The lowest BCUT2D eigenvalue weighted by atomic mass is 9.86. The number of anilines is 3. The van der Waals surface area contributed by atoms with Crippen LogP contribution in [0.2, 0.25) is 0 Å². The Morgan fingerprint density at radius 3 is 2.51 bits per heavy atom. The first-order chi connectivity index (χ1) is 20.8. The summed E-state index contributed by atoms with van der Waals surface area (Å²) in [6.07, 6.45) is 1.95. The van der Waals surface area contributed by atoms with Gasteiger partial charge in [-0.25, -0.2) is 0 Å². The molecule has 0 radical (unpaired) electrons. The molecule has 0 fully saturated rings. The highest BCUT2D eigenvalue weighted by Crippen LogP contribution is 2.46. The molecular weight excluding hydrogens is 567 g/mol. The van der Waals surface area contributed by atoms with E-state index in [1.165, 1.54) is 53.4 Å². The van der Waals surface area contributed by atoms with Crippen LogP contribution in [0, 0.1) is 0 Å². The maximum absolute atomic E-state index is 6.60. The maximum Gasteiger partial charge on any atom is 0.182 e. The highest BCUT2D eigenvalue weighted by atomic mass is 32.1. The molecule has 0 N–H and O–H groups in total. The van der Waals surface area contributed by atoms with Gasteiger partial charge in [-0.15, -0.1) is 11.3 Å². The molecule has 0 atom stereocenters. The average molecular weight is 598 g/mol. The van der Waals surface area contributed by atoms with Gasteiger partial charge in [-0.3, -0.25) is 4.98 Å². The van der Waals surface area contributed by atoms with Crippen molar-refractivity contribution in [1.29, 1.82) is 0 Å². The normalized spacial score (nSPS) is 13.4. The maximum atomic E-state index is 6.60. The smallest absolute Gasteiger partial charge is 0.182 e. The fourth-order valence-corrected chi connectivity index (χ4v) is 7.92. The first-order valence-corrected chi connectivity index (χ1v) is 16.2. The Hall–Kier alpha value is -4.39. The van der Waals surface area contributed by atoms with Crippen molar-refractivity contribution < 1.29 is 4.74 Å². The SMILES string of the molecule is CN1CN(c2cccc(Oc3cc4c(-c5cc(C(C)(C)C)ccn5)c5cc6sccc6cc5cc4s3)c2)c2ccccc21. The Morgan fingerprint density at radius 1 is 0.791 bits per heavy atom. The first kappa shape index (κ1) is 26.3. The molecule has 0 spiro atoms. The zero-order valence-electron chi connectivity index (χ0n) is 24.6. The van der Waals surface area contributed by atoms with Gasteiger partial charge in [-0.05, 0) is 93.2 Å². The third-order valence-corrected chi connectivity index (χ3v) is 10.2. The van der Waals surface area contributed by atoms with E-state index < -0.39 is 0 Å². The highest BCUT2D eigenvalue weighted by Gasteiger charge is 2.24. The van der Waals surface area contributed by atoms with E-state index in [0.717, 1.165) is 28.9 Å². The molecule has 1 aliphatic heterocycles. The summed E-state index contributed by atoms with van der Waals surface area (Å²) in [6, 6.07) is 32.7. The fraction of sp³-hybridized carbons (Fsp3) is 0.162. The number of hydrogen-bond donors (Lipinski definition) is 0. The Balaban J connectivity index is 1.24. The quantitative estimate of drug-likeness (QED) is 0.202. The lowest BCUT2D eigenvalue weighted by Gasteiger charge is -2.20. The molecule has 0 unspecified atom stereocenters. The van der Waals surface area contributed by atoms with Crippen LogP contribution in [0.4, 0.5) is 17.1 Å². The van der Waals surface area contributed by atoms with E-state index in [-0.39, 0.29) is 5.41 Å². The average Bonchev–Trinajstić information content (AvgIpc) is 3.71. The fourth-order valence-electron chi connectivity index (χ4n) is 6.13. The van der Waals surface area contributed by atoms with Gasteiger partial charge in [0.2, 0.25) is 0 Å². The molecule has 0 saturated carbocycles. The molecular formula is C37H31N3OS2. The van der Waals surface area contributed by atoms with E-state index in [4.69, 9.17) is 9.72 Å². The van der Waals surface area contributed by atoms with Gasteiger partial charge in [-0.1, -0.05) is 50.3 Å². The van der Waals surface area contributed by atoms with Crippen molar-refractivity contribution in [3.8, 4) is 22.1 Å². The van der Waals surface area contributed by atoms with Crippen molar-refractivity contribution >= 4 is 70.7 Å². The van der Waals surface area contributed by atoms with Gasteiger partial charge in [0.25, 0.3) is 0 Å². The second-order valence-corrected chi connectivity index (χ2v) is 14.3. The van der Waals surface area contributed by atoms with Gasteiger partial charge in [0.05, 0.1) is 23.7 Å². The van der Waals surface area contributed by atoms with Crippen LogP contribution in [0.15, 0.2) is 103 Å². The minimum Gasteiger partial charge on any atom is -0.447 e. The van der Waals surface area contributed by atoms with Crippen LogP contribution in [0.5, 0.6) is 10.8 Å². The van der Waals surface area contributed by atoms with Crippen LogP contribution >= 0.6 is 22.7 Å². The Labute approximate surface area is 259 Å². The molecule has 4 heterocycles. The molecule has 3 aromatic heterocycles. The van der Waals surface area contributed by atoms with Gasteiger partial charge < -0.3 is 14.5 Å². The largest absolute Gasteiger partial charge is 0.447 e. The molecule has 7 aromatic rings. The van der Waals surface area contributed by atoms with Crippen molar-refractivity contribution in [2.75, 3.05) is 23.5 Å². The monoisotopic (exact) mass is 597 g/mol. The van der Waals surface area contributed by atoms with Crippen LogP contribution in [-0.4, -0.2) is 18.7 Å². The number of ether oxygens (including phenoxy) is 1. The van der Waals surface area contributed by atoms with Crippen molar-refractivity contribution in [3.05, 3.63) is 108 Å². The number of nitrogens with zero attached hydrogens (tertiary/aromatic N) is 3. The van der Waals surface area contributed by atoms with Crippen LogP contribution in [0.25, 0.3) is 42.2 Å². The Morgan fingerprint density at radius 2 is 1.65 bits per heavy atom. The molecule has 212 valence electrons. The van der Waals surface area contributed by atoms with E-state index in [9.17, 15) is 0 Å². The molecule has 4 aromatic carbocycles. The molecule has 0 saturated heterocycles. The molecule has 0 amide bonds. The zero-order valence-corrected chi connectivity index (χ0v) is 26.2. The second kappa shape index (κ2) is 9.83. The van der Waals surface area contributed by atoms with Gasteiger partial charge in [0.15, 0.2) is 5.06 Å². The van der Waals surface area contributed by atoms with E-state index in [0.29, 0.717) is 0 Å². The summed E-state index contributed by atoms with van der Waals surface area (Å²) in [7, 11) is 2.13. The van der Waals surface area contributed by atoms with Crippen molar-refractivity contribution in [2.24, 2.45) is 0 Å². The summed E-state index contributed by atoms with van der Waals surface area (Å²) in [5.74, 6) is 0.829. The summed E-state index contributed by atoms with van der Waals surface area (Å²) in [6.45, 7) is 7.57. The van der Waals surface area contributed by atoms with Gasteiger partial charge in [-0.2, -0.15) is 0 Å². The van der Waals surface area contributed by atoms with E-state index in [1.807, 2.05) is 12.3 Å². The molecule has 6 heteroatoms. The number of benzene rings is 4. The standard InChI is InChI=1S/C37H31N3OS2/c1-37(2,3)25-12-14-38-30(18-25)36-28-20-33-23(13-15-42-33)16-24(28)17-34-29(36)21-35(43-34)41-27-9-7-8-26(19-27)40-22-39(4)31-10-5-6-11-32(31)40/h5-21H,22H2,1-4H3. The molecule has 1 aliphatic rings. The topological polar surface area (TPSA) is 28.6 Å². The number of aromatic nitrogens is 1. The van der Waals surface area contributed by atoms with Crippen LogP contribution in [-0.2, 0) is 5.41 Å². The number of pyridine rings is 1. The van der Waals surface area contributed by atoms with Gasteiger partial charge in [0.1, 0.15) is 5.75 Å². The van der Waals surface area contributed by atoms with Gasteiger partial charge >= 0.3 is 0 Å². The third kappa shape index (κ3) is 4.53. The Bertz CT molecular complexity index is 2170. The minimum absolute atomic E-state index is 0.0288. The molecule has 8 rings (SSSR count). The summed E-state index contributed by atoms with van der Waals surface area (Å²) in [5, 5.41) is 7.94. The van der Waals surface area contributed by atoms with Crippen LogP contribution in [0.1, 0.15) is 26.3 Å². The van der Waals surface area contributed by atoms with E-state index in [2.05, 4.69) is 128 Å². The summed E-state index contributed by atoms with van der Waals surface area (Å²) in [4.78, 5) is 9.52. The first-order valence-electron chi connectivity index (χ1n) is 14.5. The molecule has 43 heavy (non-hydrogen) atoms. The zero-order chi connectivity index (χ0) is 29.3. The molecule has 0 bridgehead atoms. The van der Waals surface area contributed by atoms with Crippen LogP contribution < -0.4 is 14.5 Å². The minimum atomic E-state index is 0.0288. The van der Waals surface area contributed by atoms with Crippen molar-refractivity contribution in [3.63, 3.8) is 0 Å². The predicted octanol–water partition coefficient (Wildman–Crippen LogP) is 11.0. The highest BCUT2D eigenvalue weighted by molar-refractivity contribution is 7.21. The molecule has 4 nitrogen and oxygen atoms in total. The second-order valence-electron chi connectivity index (χ2n) is 12.3. The number of rotatable bonds is 4. The Kier molecular flexibility index (Phi) is 6.00. The van der Waals surface area contributed by atoms with Crippen molar-refractivity contribution in [2.45, 2.75) is 26.2 Å². The number of thiophene rings is 2. The van der Waals surface area contributed by atoms with E-state index in [1.54, 1.807) is 22.7 Å². The summed E-state index contributed by atoms with van der Waals surface area (Å²) in [5.41, 5.74) is 7.04.